The molecule has 0 fully saturated rings. The van der Waals surface area contributed by atoms with Crippen LogP contribution in [0.15, 0.2) is 32.2 Å². The summed E-state index contributed by atoms with van der Waals surface area (Å²) in [7, 11) is 0. The molecule has 5 nitrogen and oxygen atoms in total. The van der Waals surface area contributed by atoms with Gasteiger partial charge in [-0.05, 0) is 55.0 Å². The minimum absolute atomic E-state index is 0.524. The molecule has 0 atom stereocenters. The first-order valence-corrected chi connectivity index (χ1v) is 10.1. The average molecular weight is 373 g/mol. The molecule has 24 heavy (non-hydrogen) atoms. The van der Waals surface area contributed by atoms with Crippen molar-refractivity contribution in [3.63, 3.8) is 0 Å². The number of thiophene rings is 2. The van der Waals surface area contributed by atoms with Crippen molar-refractivity contribution in [1.82, 2.24) is 20.2 Å². The SMILES string of the molecule is Cc1nc(Sc2nnc(-c3cccs3)o2)c2c3c(sc2n1)CCC3. The van der Waals surface area contributed by atoms with Gasteiger partial charge in [0.1, 0.15) is 15.7 Å². The molecule has 0 aromatic carbocycles. The molecule has 0 spiro atoms. The summed E-state index contributed by atoms with van der Waals surface area (Å²) in [5.41, 5.74) is 1.41. The zero-order valence-corrected chi connectivity index (χ0v) is 15.2. The van der Waals surface area contributed by atoms with E-state index in [0.717, 1.165) is 33.4 Å². The summed E-state index contributed by atoms with van der Waals surface area (Å²) in [6.07, 6.45) is 3.49. The van der Waals surface area contributed by atoms with Crippen molar-refractivity contribution >= 4 is 44.7 Å². The van der Waals surface area contributed by atoms with E-state index in [0.29, 0.717) is 11.1 Å². The Bertz CT molecular complexity index is 1040. The molecule has 0 aliphatic heterocycles. The van der Waals surface area contributed by atoms with Gasteiger partial charge in [-0.1, -0.05) is 6.07 Å². The third-order valence-corrected chi connectivity index (χ3v) is 6.84. The number of hydrogen-bond donors (Lipinski definition) is 0. The molecular weight excluding hydrogens is 360 g/mol. The molecule has 8 heteroatoms. The molecule has 0 N–H and O–H groups in total. The van der Waals surface area contributed by atoms with Crippen molar-refractivity contribution in [1.29, 1.82) is 0 Å². The summed E-state index contributed by atoms with van der Waals surface area (Å²) in [5.74, 6) is 1.34. The van der Waals surface area contributed by atoms with Gasteiger partial charge in [-0.25, -0.2) is 9.97 Å². The minimum Gasteiger partial charge on any atom is -0.410 e. The van der Waals surface area contributed by atoms with E-state index in [4.69, 9.17) is 4.42 Å². The fraction of sp³-hybridized carbons (Fsp3) is 0.250. The van der Waals surface area contributed by atoms with Gasteiger partial charge in [0.25, 0.3) is 11.1 Å². The largest absolute Gasteiger partial charge is 0.410 e. The molecule has 1 aliphatic rings. The summed E-state index contributed by atoms with van der Waals surface area (Å²) >= 11 is 4.83. The third-order valence-electron chi connectivity index (χ3n) is 3.97. The Balaban J connectivity index is 1.57. The second kappa shape index (κ2) is 5.65. The van der Waals surface area contributed by atoms with Gasteiger partial charge in [0.05, 0.1) is 4.88 Å². The van der Waals surface area contributed by atoms with Crippen molar-refractivity contribution in [2.75, 3.05) is 0 Å². The van der Waals surface area contributed by atoms with E-state index < -0.39 is 0 Å². The van der Waals surface area contributed by atoms with Crippen molar-refractivity contribution in [3.8, 4) is 10.8 Å². The summed E-state index contributed by atoms with van der Waals surface area (Å²) < 4.78 is 5.81. The monoisotopic (exact) mass is 372 g/mol. The third kappa shape index (κ3) is 2.37. The Morgan fingerprint density at radius 3 is 3.04 bits per heavy atom. The maximum Gasteiger partial charge on any atom is 0.283 e. The highest BCUT2D eigenvalue weighted by Crippen LogP contribution is 2.42. The number of aromatic nitrogens is 4. The van der Waals surface area contributed by atoms with Crippen LogP contribution in [0.1, 0.15) is 22.7 Å². The number of fused-ring (bicyclic) bond motifs is 3. The summed E-state index contributed by atoms with van der Waals surface area (Å²) in [6.45, 7) is 1.93. The fourth-order valence-electron chi connectivity index (χ4n) is 2.97. The molecule has 4 aromatic rings. The zero-order valence-electron chi connectivity index (χ0n) is 12.8. The molecule has 0 saturated carbocycles. The van der Waals surface area contributed by atoms with E-state index >= 15 is 0 Å². The number of hydrogen-bond acceptors (Lipinski definition) is 8. The van der Waals surface area contributed by atoms with E-state index in [-0.39, 0.29) is 0 Å². The van der Waals surface area contributed by atoms with Crippen LogP contribution in [0.5, 0.6) is 0 Å². The van der Waals surface area contributed by atoms with Gasteiger partial charge >= 0.3 is 0 Å². The van der Waals surface area contributed by atoms with Crippen molar-refractivity contribution < 1.29 is 4.42 Å². The molecule has 0 amide bonds. The Labute approximate surface area is 150 Å². The van der Waals surface area contributed by atoms with Crippen molar-refractivity contribution in [2.24, 2.45) is 0 Å². The number of nitrogens with zero attached hydrogens (tertiary/aromatic N) is 4. The van der Waals surface area contributed by atoms with Gasteiger partial charge in [-0.2, -0.15) is 0 Å². The molecule has 0 unspecified atom stereocenters. The van der Waals surface area contributed by atoms with Crippen molar-refractivity contribution in [3.05, 3.63) is 33.8 Å². The van der Waals surface area contributed by atoms with Crippen LogP contribution in [0.2, 0.25) is 0 Å². The average Bonchev–Trinajstić information content (AvgIpc) is 3.30. The predicted octanol–water partition coefficient (Wildman–Crippen LogP) is 4.75. The van der Waals surface area contributed by atoms with Crippen LogP contribution in [0.4, 0.5) is 0 Å². The Kier molecular flexibility index (Phi) is 3.43. The van der Waals surface area contributed by atoms with Gasteiger partial charge in [-0.3, -0.25) is 0 Å². The molecule has 4 heterocycles. The first-order chi connectivity index (χ1) is 11.8. The highest BCUT2D eigenvalue weighted by Gasteiger charge is 2.23. The van der Waals surface area contributed by atoms with Gasteiger partial charge in [-0.15, -0.1) is 32.9 Å². The molecule has 1 aliphatic carbocycles. The van der Waals surface area contributed by atoms with Crippen LogP contribution in [0.25, 0.3) is 21.0 Å². The molecule has 120 valence electrons. The molecule has 0 saturated heterocycles. The molecule has 0 bridgehead atoms. The fourth-order valence-corrected chi connectivity index (χ4v) is 5.85. The van der Waals surface area contributed by atoms with E-state index in [1.165, 1.54) is 34.0 Å². The zero-order chi connectivity index (χ0) is 16.1. The lowest BCUT2D eigenvalue weighted by molar-refractivity contribution is 0.466. The lowest BCUT2D eigenvalue weighted by Crippen LogP contribution is -1.92. The van der Waals surface area contributed by atoms with Gasteiger partial charge < -0.3 is 4.42 Å². The normalized spacial score (nSPS) is 13.7. The number of aryl methyl sites for hydroxylation is 3. The lowest BCUT2D eigenvalue weighted by Gasteiger charge is -2.02. The van der Waals surface area contributed by atoms with Crippen LogP contribution in [-0.2, 0) is 12.8 Å². The number of rotatable bonds is 3. The van der Waals surface area contributed by atoms with Crippen LogP contribution in [-0.4, -0.2) is 20.2 Å². The van der Waals surface area contributed by atoms with E-state index in [1.807, 2.05) is 24.4 Å². The highest BCUT2D eigenvalue weighted by atomic mass is 32.2. The van der Waals surface area contributed by atoms with Crippen LogP contribution in [0, 0.1) is 6.92 Å². The highest BCUT2D eigenvalue weighted by molar-refractivity contribution is 7.99. The Morgan fingerprint density at radius 1 is 1.21 bits per heavy atom. The second-order valence-electron chi connectivity index (χ2n) is 5.57. The molecule has 4 aromatic heterocycles. The maximum atomic E-state index is 5.81. The first-order valence-electron chi connectivity index (χ1n) is 7.62. The molecular formula is C16H12N4OS3. The summed E-state index contributed by atoms with van der Waals surface area (Å²) in [6, 6.07) is 3.95. The predicted molar refractivity (Wildman–Crippen MR) is 95.9 cm³/mol. The quantitative estimate of drug-likeness (QED) is 0.484. The molecule has 5 rings (SSSR count). The van der Waals surface area contributed by atoms with Gasteiger partial charge in [0, 0.05) is 10.3 Å². The maximum absolute atomic E-state index is 5.81. The Morgan fingerprint density at radius 2 is 2.17 bits per heavy atom. The summed E-state index contributed by atoms with van der Waals surface area (Å²) in [4.78, 5) is 12.8. The summed E-state index contributed by atoms with van der Waals surface area (Å²) in [5, 5.41) is 13.0. The standard InChI is InChI=1S/C16H12N4OS3/c1-8-17-14-12(9-4-2-5-10(9)23-14)15(18-8)24-16-20-19-13(21-16)11-6-3-7-22-11/h3,6-7H,2,4-5H2,1H3. The lowest BCUT2D eigenvalue weighted by atomic mass is 10.2. The van der Waals surface area contributed by atoms with Gasteiger partial charge in [0.15, 0.2) is 0 Å². The first kappa shape index (κ1) is 14.6. The second-order valence-corrected chi connectivity index (χ2v) is 8.54. The van der Waals surface area contributed by atoms with E-state index in [2.05, 4.69) is 20.2 Å². The smallest absolute Gasteiger partial charge is 0.283 e. The van der Waals surface area contributed by atoms with E-state index in [1.54, 1.807) is 22.7 Å². The minimum atomic E-state index is 0.524. The van der Waals surface area contributed by atoms with Crippen LogP contribution in [0.3, 0.4) is 0 Å². The molecule has 0 radical (unpaired) electrons. The Hall–Kier alpha value is -1.77. The topological polar surface area (TPSA) is 64.7 Å². The van der Waals surface area contributed by atoms with Crippen LogP contribution < -0.4 is 0 Å². The van der Waals surface area contributed by atoms with E-state index in [9.17, 15) is 0 Å². The van der Waals surface area contributed by atoms with Crippen molar-refractivity contribution in [2.45, 2.75) is 36.4 Å². The van der Waals surface area contributed by atoms with Gasteiger partial charge in [0.2, 0.25) is 0 Å². The van der Waals surface area contributed by atoms with Crippen LogP contribution >= 0.6 is 34.4 Å².